The van der Waals surface area contributed by atoms with Gasteiger partial charge in [-0.2, -0.15) is 0 Å². The molecule has 0 aromatic heterocycles. The first-order valence-electron chi connectivity index (χ1n) is 4.22. The van der Waals surface area contributed by atoms with E-state index in [4.69, 9.17) is 5.73 Å². The zero-order valence-corrected chi connectivity index (χ0v) is 7.79. The van der Waals surface area contributed by atoms with Crippen LogP contribution in [0, 0.1) is 12.7 Å². The van der Waals surface area contributed by atoms with Crippen LogP contribution < -0.4 is 5.73 Å². The van der Waals surface area contributed by atoms with Crippen LogP contribution >= 0.6 is 0 Å². The minimum absolute atomic E-state index is 0.293. The van der Waals surface area contributed by atoms with Crippen LogP contribution in [0.5, 0.6) is 0 Å². The normalized spacial score (nSPS) is 15.5. The van der Waals surface area contributed by atoms with Crippen LogP contribution in [0.15, 0.2) is 18.2 Å². The van der Waals surface area contributed by atoms with Gasteiger partial charge in [-0.25, -0.2) is 4.39 Å². The van der Waals surface area contributed by atoms with Crippen molar-refractivity contribution in [2.75, 3.05) is 0 Å². The minimum Gasteiger partial charge on any atom is -0.387 e. The fourth-order valence-electron chi connectivity index (χ4n) is 1.25. The highest BCUT2D eigenvalue weighted by Crippen LogP contribution is 2.20. The Bertz CT molecular complexity index is 299. The lowest BCUT2D eigenvalue weighted by Gasteiger charge is -2.16. The van der Waals surface area contributed by atoms with Crippen molar-refractivity contribution in [2.24, 2.45) is 5.73 Å². The van der Waals surface area contributed by atoms with Crippen LogP contribution in [0.2, 0.25) is 0 Å². The van der Waals surface area contributed by atoms with Gasteiger partial charge in [0.25, 0.3) is 0 Å². The second kappa shape index (κ2) is 3.85. The van der Waals surface area contributed by atoms with Crippen LogP contribution in [0.3, 0.4) is 0 Å². The number of hydrogen-bond acceptors (Lipinski definition) is 2. The predicted molar refractivity (Wildman–Crippen MR) is 49.7 cm³/mol. The van der Waals surface area contributed by atoms with E-state index in [0.717, 1.165) is 5.56 Å². The number of benzene rings is 1. The zero-order chi connectivity index (χ0) is 10.0. The fourth-order valence-corrected chi connectivity index (χ4v) is 1.25. The third kappa shape index (κ3) is 2.26. The maximum absolute atomic E-state index is 12.7. The Morgan fingerprint density at radius 3 is 2.54 bits per heavy atom. The quantitative estimate of drug-likeness (QED) is 0.730. The first-order chi connectivity index (χ1) is 6.02. The van der Waals surface area contributed by atoms with Gasteiger partial charge in [-0.05, 0) is 37.1 Å². The molecule has 0 radical (unpaired) electrons. The van der Waals surface area contributed by atoms with E-state index in [0.29, 0.717) is 5.56 Å². The van der Waals surface area contributed by atoms with Crippen molar-refractivity contribution >= 4 is 0 Å². The molecule has 0 heterocycles. The molecule has 0 saturated heterocycles. The molecule has 0 unspecified atom stereocenters. The van der Waals surface area contributed by atoms with E-state index in [9.17, 15) is 9.50 Å². The molecular weight excluding hydrogens is 169 g/mol. The number of aliphatic hydroxyl groups excluding tert-OH is 1. The van der Waals surface area contributed by atoms with Gasteiger partial charge >= 0.3 is 0 Å². The van der Waals surface area contributed by atoms with Crippen LogP contribution in [0.4, 0.5) is 4.39 Å². The molecule has 1 aromatic carbocycles. The van der Waals surface area contributed by atoms with Gasteiger partial charge in [0.1, 0.15) is 5.82 Å². The lowest BCUT2D eigenvalue weighted by Crippen LogP contribution is -2.24. The lowest BCUT2D eigenvalue weighted by atomic mass is 9.99. The third-order valence-corrected chi connectivity index (χ3v) is 2.05. The highest BCUT2D eigenvalue weighted by atomic mass is 19.1. The van der Waals surface area contributed by atoms with E-state index in [2.05, 4.69) is 0 Å². The number of aryl methyl sites for hydroxylation is 1. The summed E-state index contributed by atoms with van der Waals surface area (Å²) in [6, 6.07) is 3.94. The van der Waals surface area contributed by atoms with E-state index in [1.165, 1.54) is 12.1 Å². The van der Waals surface area contributed by atoms with Gasteiger partial charge in [-0.1, -0.05) is 6.07 Å². The van der Waals surface area contributed by atoms with Crippen molar-refractivity contribution in [3.63, 3.8) is 0 Å². The van der Waals surface area contributed by atoms with Crippen molar-refractivity contribution in [1.29, 1.82) is 0 Å². The van der Waals surface area contributed by atoms with Crippen LogP contribution in [0.25, 0.3) is 0 Å². The highest BCUT2D eigenvalue weighted by molar-refractivity contribution is 5.29. The predicted octanol–water partition coefficient (Wildman–Crippen LogP) is 1.51. The number of aliphatic hydroxyl groups is 1. The molecule has 0 bridgehead atoms. The third-order valence-electron chi connectivity index (χ3n) is 2.05. The Morgan fingerprint density at radius 1 is 1.46 bits per heavy atom. The summed E-state index contributed by atoms with van der Waals surface area (Å²) in [6.07, 6.45) is -0.722. The molecule has 3 heteroatoms. The molecule has 2 nitrogen and oxygen atoms in total. The van der Waals surface area contributed by atoms with Gasteiger partial charge in [0.15, 0.2) is 0 Å². The molecule has 0 amide bonds. The molecule has 2 atom stereocenters. The molecule has 0 aliphatic carbocycles. The molecular formula is C10H14FNO. The maximum Gasteiger partial charge on any atom is 0.123 e. The van der Waals surface area contributed by atoms with Gasteiger partial charge in [0, 0.05) is 6.04 Å². The molecule has 0 saturated carbocycles. The summed E-state index contributed by atoms with van der Waals surface area (Å²) < 4.78 is 12.7. The molecule has 0 spiro atoms. The van der Waals surface area contributed by atoms with E-state index >= 15 is 0 Å². The van der Waals surface area contributed by atoms with E-state index in [-0.39, 0.29) is 11.9 Å². The standard InChI is InChI=1S/C10H14FNO/c1-6-5-8(11)3-4-9(6)10(13)7(2)12/h3-5,7,10,13H,12H2,1-2H3/t7-,10-/m0/s1. The Labute approximate surface area is 77.2 Å². The molecule has 72 valence electrons. The van der Waals surface area contributed by atoms with Crippen molar-refractivity contribution in [3.05, 3.63) is 35.1 Å². The molecule has 0 fully saturated rings. The molecule has 13 heavy (non-hydrogen) atoms. The van der Waals surface area contributed by atoms with Crippen molar-refractivity contribution in [2.45, 2.75) is 26.0 Å². The molecule has 0 aliphatic heterocycles. The fraction of sp³-hybridized carbons (Fsp3) is 0.400. The van der Waals surface area contributed by atoms with Gasteiger partial charge in [-0.3, -0.25) is 0 Å². The largest absolute Gasteiger partial charge is 0.387 e. The van der Waals surface area contributed by atoms with E-state index < -0.39 is 6.10 Å². The van der Waals surface area contributed by atoms with Crippen LogP contribution in [-0.4, -0.2) is 11.1 Å². The SMILES string of the molecule is Cc1cc(F)ccc1[C@@H](O)[C@H](C)N. The number of nitrogens with two attached hydrogens (primary N) is 1. The van der Waals surface area contributed by atoms with E-state index in [1.807, 2.05) is 0 Å². The minimum atomic E-state index is -0.722. The summed E-state index contributed by atoms with van der Waals surface area (Å²) >= 11 is 0. The molecule has 3 N–H and O–H groups in total. The summed E-state index contributed by atoms with van der Waals surface area (Å²) in [5.41, 5.74) is 6.95. The highest BCUT2D eigenvalue weighted by Gasteiger charge is 2.14. The Balaban J connectivity index is 3.01. The monoisotopic (exact) mass is 183 g/mol. The summed E-state index contributed by atoms with van der Waals surface area (Å²) in [5, 5.41) is 9.62. The average Bonchev–Trinajstić information content (AvgIpc) is 2.03. The molecule has 1 rings (SSSR count). The molecule has 1 aromatic rings. The van der Waals surface area contributed by atoms with Gasteiger partial charge < -0.3 is 10.8 Å². The van der Waals surface area contributed by atoms with Crippen LogP contribution in [0.1, 0.15) is 24.2 Å². The Hall–Kier alpha value is -0.930. The second-order valence-electron chi connectivity index (χ2n) is 3.30. The average molecular weight is 183 g/mol. The van der Waals surface area contributed by atoms with Gasteiger partial charge in [-0.15, -0.1) is 0 Å². The molecule has 0 aliphatic rings. The number of hydrogen-bond donors (Lipinski definition) is 2. The van der Waals surface area contributed by atoms with Gasteiger partial charge in [0.05, 0.1) is 6.10 Å². The Morgan fingerprint density at radius 2 is 2.08 bits per heavy atom. The maximum atomic E-state index is 12.7. The second-order valence-corrected chi connectivity index (χ2v) is 3.30. The first kappa shape index (κ1) is 10.2. The zero-order valence-electron chi connectivity index (χ0n) is 7.79. The van der Waals surface area contributed by atoms with Crippen molar-refractivity contribution in [3.8, 4) is 0 Å². The Kier molecular flexibility index (Phi) is 3.01. The lowest BCUT2D eigenvalue weighted by molar-refractivity contribution is 0.152. The topological polar surface area (TPSA) is 46.2 Å². The first-order valence-corrected chi connectivity index (χ1v) is 4.22. The summed E-state index contributed by atoms with van der Waals surface area (Å²) in [7, 11) is 0. The summed E-state index contributed by atoms with van der Waals surface area (Å²) in [4.78, 5) is 0. The number of rotatable bonds is 2. The smallest absolute Gasteiger partial charge is 0.123 e. The van der Waals surface area contributed by atoms with Crippen molar-refractivity contribution in [1.82, 2.24) is 0 Å². The van der Waals surface area contributed by atoms with Gasteiger partial charge in [0.2, 0.25) is 0 Å². The summed E-state index contributed by atoms with van der Waals surface area (Å²) in [6.45, 7) is 3.47. The van der Waals surface area contributed by atoms with Crippen molar-refractivity contribution < 1.29 is 9.50 Å². The van der Waals surface area contributed by atoms with E-state index in [1.54, 1.807) is 19.9 Å². The number of halogens is 1. The summed E-state index contributed by atoms with van der Waals surface area (Å²) in [5.74, 6) is -0.293. The van der Waals surface area contributed by atoms with Crippen LogP contribution in [-0.2, 0) is 0 Å².